The van der Waals surface area contributed by atoms with Crippen molar-refractivity contribution in [3.63, 3.8) is 0 Å². The number of amides is 2. The fourth-order valence-corrected chi connectivity index (χ4v) is 1.90. The lowest BCUT2D eigenvalue weighted by molar-refractivity contribution is -0.137. The quantitative estimate of drug-likeness (QED) is 0.804. The Balaban J connectivity index is 2.59. The lowest BCUT2D eigenvalue weighted by Crippen LogP contribution is -2.39. The second kappa shape index (κ2) is 8.52. The van der Waals surface area contributed by atoms with Gasteiger partial charge in [-0.3, -0.25) is 14.5 Å². The van der Waals surface area contributed by atoms with Gasteiger partial charge >= 0.3 is 6.18 Å². The van der Waals surface area contributed by atoms with E-state index in [2.05, 4.69) is 10.6 Å². The van der Waals surface area contributed by atoms with E-state index in [9.17, 15) is 22.8 Å². The van der Waals surface area contributed by atoms with Gasteiger partial charge in [0.15, 0.2) is 0 Å². The van der Waals surface area contributed by atoms with Gasteiger partial charge < -0.3 is 10.6 Å². The molecule has 0 heterocycles. The van der Waals surface area contributed by atoms with Crippen molar-refractivity contribution in [1.82, 2.24) is 10.2 Å². The highest BCUT2D eigenvalue weighted by Crippen LogP contribution is 2.34. The van der Waals surface area contributed by atoms with Crippen molar-refractivity contribution >= 4 is 17.5 Å². The first-order valence-corrected chi connectivity index (χ1v) is 7.15. The fourth-order valence-electron chi connectivity index (χ4n) is 1.90. The molecule has 0 saturated carbocycles. The Morgan fingerprint density at radius 1 is 1.13 bits per heavy atom. The van der Waals surface area contributed by atoms with E-state index in [1.165, 1.54) is 23.1 Å². The molecule has 0 bridgehead atoms. The summed E-state index contributed by atoms with van der Waals surface area (Å²) in [7, 11) is 1.54. The first-order valence-electron chi connectivity index (χ1n) is 7.15. The molecule has 0 saturated heterocycles. The number of rotatable bonds is 7. The number of hydrogen-bond acceptors (Lipinski definition) is 3. The molecule has 8 heteroatoms. The highest BCUT2D eigenvalue weighted by Gasteiger charge is 2.33. The number of alkyl halides is 3. The third-order valence-corrected chi connectivity index (χ3v) is 2.91. The van der Waals surface area contributed by atoms with Crippen LogP contribution in [0, 0.1) is 0 Å². The topological polar surface area (TPSA) is 61.4 Å². The molecule has 0 aliphatic rings. The zero-order chi connectivity index (χ0) is 17.5. The van der Waals surface area contributed by atoms with Crippen LogP contribution in [0.2, 0.25) is 0 Å². The number of anilines is 1. The van der Waals surface area contributed by atoms with Gasteiger partial charge in [0.05, 0.1) is 24.3 Å². The van der Waals surface area contributed by atoms with Gasteiger partial charge in [-0.05, 0) is 25.6 Å². The highest BCUT2D eigenvalue weighted by molar-refractivity contribution is 5.93. The number of benzene rings is 1. The van der Waals surface area contributed by atoms with Gasteiger partial charge in [-0.25, -0.2) is 0 Å². The highest BCUT2D eigenvalue weighted by atomic mass is 19.4. The zero-order valence-corrected chi connectivity index (χ0v) is 13.0. The van der Waals surface area contributed by atoms with E-state index in [-0.39, 0.29) is 24.7 Å². The minimum absolute atomic E-state index is 0.00562. The van der Waals surface area contributed by atoms with Crippen molar-refractivity contribution in [1.29, 1.82) is 0 Å². The number of nitrogens with one attached hydrogen (secondary N) is 2. The summed E-state index contributed by atoms with van der Waals surface area (Å²) in [5, 5.41) is 4.89. The number of carbonyl (C=O) groups is 2. The van der Waals surface area contributed by atoms with E-state index in [4.69, 9.17) is 0 Å². The minimum Gasteiger partial charge on any atom is -0.355 e. The number of halogens is 3. The first-order chi connectivity index (χ1) is 10.7. The Bertz CT molecular complexity index is 547. The molecule has 1 aromatic rings. The Kier molecular flexibility index (Phi) is 7.02. The molecular weight excluding hydrogens is 311 g/mol. The Morgan fingerprint density at radius 2 is 1.74 bits per heavy atom. The van der Waals surface area contributed by atoms with E-state index in [0.29, 0.717) is 6.54 Å². The van der Waals surface area contributed by atoms with Gasteiger partial charge in [0.2, 0.25) is 11.8 Å². The predicted octanol–water partition coefficient (Wildman–Crippen LogP) is 2.10. The summed E-state index contributed by atoms with van der Waals surface area (Å²) in [6.45, 7) is 2.26. The van der Waals surface area contributed by atoms with Crippen LogP contribution >= 0.6 is 0 Å². The molecule has 2 amide bonds. The molecule has 128 valence electrons. The molecule has 0 spiro atoms. The number of para-hydroxylation sites is 1. The Morgan fingerprint density at radius 3 is 2.35 bits per heavy atom. The molecule has 23 heavy (non-hydrogen) atoms. The SMILES string of the molecule is CCCNC(=O)CN(C)CC(=O)Nc1ccccc1C(F)(F)F. The molecule has 0 fully saturated rings. The van der Waals surface area contributed by atoms with Gasteiger partial charge in [0.25, 0.3) is 0 Å². The normalized spacial score (nSPS) is 11.4. The monoisotopic (exact) mass is 331 g/mol. The smallest absolute Gasteiger partial charge is 0.355 e. The average molecular weight is 331 g/mol. The van der Waals surface area contributed by atoms with Crippen LogP contribution in [0.3, 0.4) is 0 Å². The van der Waals surface area contributed by atoms with Gasteiger partial charge in [0.1, 0.15) is 0 Å². The minimum atomic E-state index is -4.55. The number of carbonyl (C=O) groups excluding carboxylic acids is 2. The number of nitrogens with zero attached hydrogens (tertiary/aromatic N) is 1. The zero-order valence-electron chi connectivity index (χ0n) is 13.0. The van der Waals surface area contributed by atoms with Gasteiger partial charge in [0, 0.05) is 6.54 Å². The van der Waals surface area contributed by atoms with Crippen molar-refractivity contribution in [2.24, 2.45) is 0 Å². The van der Waals surface area contributed by atoms with Crippen LogP contribution < -0.4 is 10.6 Å². The van der Waals surface area contributed by atoms with E-state index in [1.807, 2.05) is 6.92 Å². The van der Waals surface area contributed by atoms with Gasteiger partial charge in [-0.2, -0.15) is 13.2 Å². The third kappa shape index (κ3) is 6.68. The molecular formula is C15H20F3N3O2. The summed E-state index contributed by atoms with van der Waals surface area (Å²) < 4.78 is 38.5. The first kappa shape index (κ1) is 19.0. The summed E-state index contributed by atoms with van der Waals surface area (Å²) in [5.41, 5.74) is -1.20. The molecule has 1 rings (SSSR count). The van der Waals surface area contributed by atoms with E-state index < -0.39 is 17.6 Å². The maximum Gasteiger partial charge on any atom is 0.418 e. The summed E-state index contributed by atoms with van der Waals surface area (Å²) in [4.78, 5) is 24.8. The van der Waals surface area contributed by atoms with E-state index >= 15 is 0 Å². The van der Waals surface area contributed by atoms with Crippen LogP contribution in [0.4, 0.5) is 18.9 Å². The fraction of sp³-hybridized carbons (Fsp3) is 0.467. The maximum absolute atomic E-state index is 12.8. The predicted molar refractivity (Wildman–Crippen MR) is 80.9 cm³/mol. The molecule has 1 aromatic carbocycles. The number of likely N-dealkylation sites (N-methyl/N-ethyl adjacent to an activating group) is 1. The summed E-state index contributed by atoms with van der Waals surface area (Å²) in [6, 6.07) is 4.75. The van der Waals surface area contributed by atoms with Crippen molar-refractivity contribution in [3.05, 3.63) is 29.8 Å². The molecule has 0 atom stereocenters. The molecule has 0 aromatic heterocycles. The maximum atomic E-state index is 12.8. The van der Waals surface area contributed by atoms with Gasteiger partial charge in [-0.15, -0.1) is 0 Å². The van der Waals surface area contributed by atoms with Crippen LogP contribution in [0.25, 0.3) is 0 Å². The van der Waals surface area contributed by atoms with Crippen LogP contribution in [0.5, 0.6) is 0 Å². The van der Waals surface area contributed by atoms with Crippen molar-refractivity contribution in [2.45, 2.75) is 19.5 Å². The Hall–Kier alpha value is -2.09. The standard InChI is InChI=1S/C15H20F3N3O2/c1-3-8-19-13(22)9-21(2)10-14(23)20-12-7-5-4-6-11(12)15(16,17)18/h4-7H,3,8-10H2,1-2H3,(H,19,22)(H,20,23). The van der Waals surface area contributed by atoms with E-state index in [1.54, 1.807) is 7.05 Å². The largest absolute Gasteiger partial charge is 0.418 e. The molecule has 5 nitrogen and oxygen atoms in total. The van der Waals surface area contributed by atoms with Crippen LogP contribution in [-0.4, -0.2) is 43.4 Å². The van der Waals surface area contributed by atoms with Crippen LogP contribution in [0.1, 0.15) is 18.9 Å². The molecule has 0 radical (unpaired) electrons. The van der Waals surface area contributed by atoms with E-state index in [0.717, 1.165) is 12.5 Å². The molecule has 0 unspecified atom stereocenters. The van der Waals surface area contributed by atoms with Crippen LogP contribution in [-0.2, 0) is 15.8 Å². The second-order valence-electron chi connectivity index (χ2n) is 5.11. The second-order valence-corrected chi connectivity index (χ2v) is 5.11. The summed E-state index contributed by atoms with van der Waals surface area (Å²) in [5.74, 6) is -0.856. The lowest BCUT2D eigenvalue weighted by Gasteiger charge is -2.17. The lowest BCUT2D eigenvalue weighted by atomic mass is 10.1. The average Bonchev–Trinajstić information content (AvgIpc) is 2.44. The van der Waals surface area contributed by atoms with Crippen molar-refractivity contribution < 1.29 is 22.8 Å². The summed E-state index contributed by atoms with van der Waals surface area (Å²) >= 11 is 0. The third-order valence-electron chi connectivity index (χ3n) is 2.91. The van der Waals surface area contributed by atoms with Crippen molar-refractivity contribution in [3.8, 4) is 0 Å². The Labute approximate surface area is 132 Å². The van der Waals surface area contributed by atoms with Crippen LogP contribution in [0.15, 0.2) is 24.3 Å². The number of hydrogen-bond donors (Lipinski definition) is 2. The molecule has 2 N–H and O–H groups in total. The molecule has 0 aliphatic heterocycles. The summed E-state index contributed by atoms with van der Waals surface area (Å²) in [6.07, 6.45) is -3.75. The molecule has 0 aliphatic carbocycles. The van der Waals surface area contributed by atoms with Crippen molar-refractivity contribution in [2.75, 3.05) is 32.0 Å². The van der Waals surface area contributed by atoms with Gasteiger partial charge in [-0.1, -0.05) is 19.1 Å².